The number of carboxylic acids is 1. The summed E-state index contributed by atoms with van der Waals surface area (Å²) in [6.45, 7) is 3.73. The van der Waals surface area contributed by atoms with Gasteiger partial charge in [-0.3, -0.25) is 19.3 Å². The third kappa shape index (κ3) is 7.10. The zero-order chi connectivity index (χ0) is 33.7. The van der Waals surface area contributed by atoms with Crippen molar-refractivity contribution >= 4 is 45.9 Å². The van der Waals surface area contributed by atoms with Crippen molar-refractivity contribution < 1.29 is 48.3 Å². The summed E-state index contributed by atoms with van der Waals surface area (Å²) < 4.78 is 22.1. The second-order valence-electron chi connectivity index (χ2n) is 10.3. The quantitative estimate of drug-likeness (QED) is 0.115. The minimum atomic E-state index is -1.08. The number of carbonyl (C=O) groups excluding carboxylic acids is 3. The number of carboxylic acid groups (broad SMARTS) is 1. The zero-order valence-electron chi connectivity index (χ0n) is 25.6. The van der Waals surface area contributed by atoms with Crippen LogP contribution in [-0.2, 0) is 25.7 Å². The van der Waals surface area contributed by atoms with Crippen molar-refractivity contribution in [2.24, 2.45) is 0 Å². The molecule has 4 aromatic rings. The van der Waals surface area contributed by atoms with Gasteiger partial charge in [-0.05, 0) is 48.4 Å². The van der Waals surface area contributed by atoms with E-state index in [1.54, 1.807) is 49.4 Å². The standard InChI is InChI=1S/C32H26N2O8S.C2H4O2/c1-18-29(31(38)39-2)43-32(33-18)34-26(20-9-6-10-22(15-20)42-17-19-7-4-3-5-8-19)25(28(36)30(34)37)27(35)21-11-12-23-24(16-21)41-14-13-40-23;1-2(3)4/h3-12,15-16,26,35H,13-14,17H2,1-2H3;1H3,(H,3,4)/b27-25+;. The van der Waals surface area contributed by atoms with Crippen LogP contribution in [0.1, 0.15) is 45.0 Å². The molecule has 0 spiro atoms. The van der Waals surface area contributed by atoms with Crippen molar-refractivity contribution in [1.82, 2.24) is 4.98 Å². The van der Waals surface area contributed by atoms with Crippen molar-refractivity contribution in [3.63, 3.8) is 0 Å². The average molecular weight is 659 g/mol. The molecule has 0 radical (unpaired) electrons. The van der Waals surface area contributed by atoms with Gasteiger partial charge in [0.1, 0.15) is 36.2 Å². The third-order valence-electron chi connectivity index (χ3n) is 7.04. The number of rotatable bonds is 7. The molecule has 2 N–H and O–H groups in total. The number of aliphatic hydroxyl groups excluding tert-OH is 1. The highest BCUT2D eigenvalue weighted by atomic mass is 32.1. The molecule has 6 rings (SSSR count). The first-order chi connectivity index (χ1) is 22.6. The number of thiazole rings is 1. The molecular formula is C34H30N2O10S. The molecule has 13 heteroatoms. The molecule has 242 valence electrons. The highest BCUT2D eigenvalue weighted by molar-refractivity contribution is 7.17. The maximum atomic E-state index is 13.6. The van der Waals surface area contributed by atoms with Gasteiger partial charge in [0.25, 0.3) is 11.8 Å². The Morgan fingerprint density at radius 1 is 0.979 bits per heavy atom. The number of aliphatic hydroxyl groups is 1. The van der Waals surface area contributed by atoms with Gasteiger partial charge in [0.2, 0.25) is 0 Å². The van der Waals surface area contributed by atoms with Crippen molar-refractivity contribution in [1.29, 1.82) is 0 Å². The van der Waals surface area contributed by atoms with Gasteiger partial charge in [-0.25, -0.2) is 9.78 Å². The van der Waals surface area contributed by atoms with E-state index in [4.69, 9.17) is 28.8 Å². The summed E-state index contributed by atoms with van der Waals surface area (Å²) in [5.74, 6) is -2.21. The minimum absolute atomic E-state index is 0.113. The van der Waals surface area contributed by atoms with Gasteiger partial charge in [-0.15, -0.1) is 0 Å². The Kier molecular flexibility index (Phi) is 9.85. The van der Waals surface area contributed by atoms with E-state index in [-0.39, 0.29) is 26.9 Å². The Morgan fingerprint density at radius 2 is 1.68 bits per heavy atom. The second kappa shape index (κ2) is 14.2. The highest BCUT2D eigenvalue weighted by Crippen LogP contribution is 2.45. The Balaban J connectivity index is 0.00000103. The van der Waals surface area contributed by atoms with E-state index in [1.807, 2.05) is 30.3 Å². The molecule has 3 heterocycles. The lowest BCUT2D eigenvalue weighted by Crippen LogP contribution is -2.29. The van der Waals surface area contributed by atoms with Gasteiger partial charge >= 0.3 is 11.9 Å². The zero-order valence-corrected chi connectivity index (χ0v) is 26.4. The number of amides is 1. The van der Waals surface area contributed by atoms with Crippen molar-refractivity contribution in [3.05, 3.63) is 106 Å². The van der Waals surface area contributed by atoms with Crippen molar-refractivity contribution in [2.45, 2.75) is 26.5 Å². The first-order valence-corrected chi connectivity index (χ1v) is 15.1. The lowest BCUT2D eigenvalue weighted by Gasteiger charge is -2.24. The molecule has 1 unspecified atom stereocenters. The predicted molar refractivity (Wildman–Crippen MR) is 171 cm³/mol. The van der Waals surface area contributed by atoms with E-state index >= 15 is 0 Å². The largest absolute Gasteiger partial charge is 0.507 e. The highest BCUT2D eigenvalue weighted by Gasteiger charge is 2.48. The lowest BCUT2D eigenvalue weighted by atomic mass is 9.95. The Labute approximate surface area is 273 Å². The Morgan fingerprint density at radius 3 is 2.38 bits per heavy atom. The van der Waals surface area contributed by atoms with Crippen LogP contribution in [0.2, 0.25) is 0 Å². The summed E-state index contributed by atoms with van der Waals surface area (Å²) >= 11 is 0.929. The summed E-state index contributed by atoms with van der Waals surface area (Å²) in [6, 6.07) is 20.3. The SMILES string of the molecule is CC(=O)O.COC(=O)c1sc(N2C(=O)C(=O)/C(=C(/O)c3ccc4c(c3)OCCO4)C2c2cccc(OCc3ccccc3)c2)nc1C. The maximum absolute atomic E-state index is 13.6. The summed E-state index contributed by atoms with van der Waals surface area (Å²) in [5.41, 5.74) is 1.94. The number of benzene rings is 3. The molecule has 0 saturated carbocycles. The lowest BCUT2D eigenvalue weighted by molar-refractivity contribution is -0.134. The molecule has 12 nitrogen and oxygen atoms in total. The van der Waals surface area contributed by atoms with E-state index in [0.717, 1.165) is 23.8 Å². The first kappa shape index (κ1) is 32.7. The Hall–Kier alpha value is -5.69. The fraction of sp³-hybridized carbons (Fsp3) is 0.206. The number of aliphatic carboxylic acids is 1. The van der Waals surface area contributed by atoms with Crippen LogP contribution in [0.15, 0.2) is 78.4 Å². The third-order valence-corrected chi connectivity index (χ3v) is 8.18. The number of esters is 1. The number of hydrogen-bond donors (Lipinski definition) is 2. The van der Waals surface area contributed by atoms with E-state index in [1.165, 1.54) is 12.0 Å². The molecule has 1 fully saturated rings. The smallest absolute Gasteiger partial charge is 0.350 e. The maximum Gasteiger partial charge on any atom is 0.350 e. The van der Waals surface area contributed by atoms with Crippen LogP contribution in [0, 0.1) is 6.92 Å². The molecule has 1 aromatic heterocycles. The summed E-state index contributed by atoms with van der Waals surface area (Å²) in [4.78, 5) is 54.5. The number of aromatic nitrogens is 1. The van der Waals surface area contributed by atoms with Gasteiger partial charge in [-0.1, -0.05) is 53.8 Å². The predicted octanol–water partition coefficient (Wildman–Crippen LogP) is 5.31. The number of aryl methyl sites for hydroxylation is 1. The number of ketones is 1. The van der Waals surface area contributed by atoms with E-state index in [0.29, 0.717) is 48.3 Å². The number of hydrogen-bond acceptors (Lipinski definition) is 11. The number of Topliss-reactive ketones (excluding diaryl/α,β-unsaturated/α-hetero) is 1. The molecule has 3 aromatic carbocycles. The number of carbonyl (C=O) groups is 4. The van der Waals surface area contributed by atoms with Crippen molar-refractivity contribution in [3.8, 4) is 17.2 Å². The molecular weight excluding hydrogens is 628 g/mol. The van der Waals surface area contributed by atoms with Gasteiger partial charge < -0.3 is 29.2 Å². The number of methoxy groups -OCH3 is 1. The Bertz CT molecular complexity index is 1860. The number of ether oxygens (including phenoxy) is 4. The normalized spacial score (nSPS) is 16.2. The van der Waals surface area contributed by atoms with Crippen LogP contribution in [0.4, 0.5) is 5.13 Å². The van der Waals surface area contributed by atoms with Gasteiger partial charge in [0.15, 0.2) is 16.6 Å². The van der Waals surface area contributed by atoms with Crippen LogP contribution in [0.3, 0.4) is 0 Å². The molecule has 2 aliphatic heterocycles. The number of anilines is 1. The van der Waals surface area contributed by atoms with Crippen LogP contribution in [-0.4, -0.2) is 59.1 Å². The molecule has 0 bridgehead atoms. The van der Waals surface area contributed by atoms with E-state index in [2.05, 4.69) is 4.98 Å². The second-order valence-corrected chi connectivity index (χ2v) is 11.3. The summed E-state index contributed by atoms with van der Waals surface area (Å²) in [7, 11) is 1.25. The molecule has 1 atom stereocenters. The van der Waals surface area contributed by atoms with Gasteiger partial charge in [0.05, 0.1) is 24.4 Å². The van der Waals surface area contributed by atoms with E-state index in [9.17, 15) is 19.5 Å². The molecule has 0 aliphatic carbocycles. The van der Waals surface area contributed by atoms with Gasteiger partial charge in [-0.2, -0.15) is 0 Å². The van der Waals surface area contributed by atoms with Gasteiger partial charge in [0, 0.05) is 12.5 Å². The average Bonchev–Trinajstić information content (AvgIpc) is 3.59. The minimum Gasteiger partial charge on any atom is -0.507 e. The van der Waals surface area contributed by atoms with Crippen LogP contribution >= 0.6 is 11.3 Å². The van der Waals surface area contributed by atoms with Crippen molar-refractivity contribution in [2.75, 3.05) is 25.2 Å². The molecule has 1 saturated heterocycles. The molecule has 2 aliphatic rings. The van der Waals surface area contributed by atoms with Crippen LogP contribution in [0.5, 0.6) is 17.2 Å². The van der Waals surface area contributed by atoms with E-state index < -0.39 is 29.7 Å². The number of fused-ring (bicyclic) bond motifs is 1. The monoisotopic (exact) mass is 658 g/mol. The molecule has 47 heavy (non-hydrogen) atoms. The molecule has 1 amide bonds. The fourth-order valence-electron chi connectivity index (χ4n) is 4.97. The summed E-state index contributed by atoms with van der Waals surface area (Å²) in [6.07, 6.45) is 0. The topological polar surface area (TPSA) is 162 Å². The summed E-state index contributed by atoms with van der Waals surface area (Å²) in [5, 5.41) is 19.1. The van der Waals surface area contributed by atoms with Crippen LogP contribution < -0.4 is 19.1 Å². The fourth-order valence-corrected chi connectivity index (χ4v) is 5.99. The van der Waals surface area contributed by atoms with Crippen LogP contribution in [0.25, 0.3) is 5.76 Å². The first-order valence-electron chi connectivity index (χ1n) is 14.3. The number of nitrogens with zero attached hydrogens (tertiary/aromatic N) is 2.